The number of anilines is 1. The van der Waals surface area contributed by atoms with Crippen LogP contribution in [0.4, 0.5) is 5.69 Å². The molecule has 2 atom stereocenters. The van der Waals surface area contributed by atoms with Crippen molar-refractivity contribution in [2.24, 2.45) is 5.73 Å². The Morgan fingerprint density at radius 3 is 2.67 bits per heavy atom. The summed E-state index contributed by atoms with van der Waals surface area (Å²) in [5.74, 6) is -0.317. The number of benzene rings is 2. The van der Waals surface area contributed by atoms with E-state index in [9.17, 15) is 9.59 Å². The fourth-order valence-electron chi connectivity index (χ4n) is 3.61. The molecule has 0 bridgehead atoms. The molecule has 0 aliphatic carbocycles. The molecular weight excluding hydrogens is 340 g/mol. The van der Waals surface area contributed by atoms with Crippen LogP contribution < -0.4 is 16.4 Å². The fraction of sp³-hybridized carbons (Fsp3) is 0.190. The van der Waals surface area contributed by atoms with Crippen molar-refractivity contribution in [1.82, 2.24) is 10.3 Å². The van der Waals surface area contributed by atoms with E-state index in [4.69, 9.17) is 5.73 Å². The first-order valence-corrected chi connectivity index (χ1v) is 8.90. The van der Waals surface area contributed by atoms with E-state index in [1.165, 1.54) is 5.56 Å². The third kappa shape index (κ3) is 3.39. The number of nitrogens with two attached hydrogens (primary N) is 1. The lowest BCUT2D eigenvalue weighted by atomic mass is 9.96. The van der Waals surface area contributed by atoms with Gasteiger partial charge in [0.1, 0.15) is 0 Å². The standard InChI is InChI=1S/C21H20N4O2/c22-20(26)16-8-9-17(15-7-4-10-23-19(15)16)25-21(27)18-11-14(12-24-18)13-5-2-1-3-6-13/h1-10,14,18,24H,11-12H2,(H2,22,26)(H,25,27)/t14-,18?/m1/s1. The van der Waals surface area contributed by atoms with Crippen molar-refractivity contribution in [3.63, 3.8) is 0 Å². The van der Waals surface area contributed by atoms with Crippen LogP contribution in [0.15, 0.2) is 60.8 Å². The maximum atomic E-state index is 12.8. The number of hydrogen-bond donors (Lipinski definition) is 3. The highest BCUT2D eigenvalue weighted by molar-refractivity contribution is 6.10. The maximum absolute atomic E-state index is 12.8. The maximum Gasteiger partial charge on any atom is 0.250 e. The number of carbonyl (C=O) groups is 2. The minimum Gasteiger partial charge on any atom is -0.366 e. The molecule has 0 spiro atoms. The van der Waals surface area contributed by atoms with Crippen LogP contribution in [-0.2, 0) is 4.79 Å². The molecule has 3 aromatic rings. The van der Waals surface area contributed by atoms with Crippen LogP contribution in [0.1, 0.15) is 28.3 Å². The van der Waals surface area contributed by atoms with Crippen molar-refractivity contribution in [2.75, 3.05) is 11.9 Å². The van der Waals surface area contributed by atoms with Crippen molar-refractivity contribution < 1.29 is 9.59 Å². The van der Waals surface area contributed by atoms with E-state index >= 15 is 0 Å². The predicted octanol–water partition coefficient (Wildman–Crippen LogP) is 2.42. The normalized spacial score (nSPS) is 19.1. The first-order chi connectivity index (χ1) is 13.1. The molecule has 6 nitrogen and oxygen atoms in total. The fourth-order valence-corrected chi connectivity index (χ4v) is 3.61. The molecule has 1 saturated heterocycles. The highest BCUT2D eigenvalue weighted by atomic mass is 16.2. The number of hydrogen-bond acceptors (Lipinski definition) is 4. The van der Waals surface area contributed by atoms with E-state index < -0.39 is 5.91 Å². The molecule has 6 heteroatoms. The Morgan fingerprint density at radius 1 is 1.07 bits per heavy atom. The van der Waals surface area contributed by atoms with E-state index in [1.807, 2.05) is 24.3 Å². The predicted molar refractivity (Wildman–Crippen MR) is 104 cm³/mol. The quantitative estimate of drug-likeness (QED) is 0.666. The molecule has 136 valence electrons. The van der Waals surface area contributed by atoms with E-state index in [0.29, 0.717) is 28.1 Å². The zero-order chi connectivity index (χ0) is 18.8. The second-order valence-corrected chi connectivity index (χ2v) is 6.72. The van der Waals surface area contributed by atoms with Crippen LogP contribution in [0.3, 0.4) is 0 Å². The van der Waals surface area contributed by atoms with Gasteiger partial charge in [0, 0.05) is 18.1 Å². The van der Waals surface area contributed by atoms with Gasteiger partial charge in [-0.25, -0.2) is 0 Å². The van der Waals surface area contributed by atoms with E-state index in [2.05, 4.69) is 27.8 Å². The SMILES string of the molecule is NC(=O)c1ccc(NC(=O)C2C[C@@H](c3ccccc3)CN2)c2cccnc12. The number of nitrogens with zero attached hydrogens (tertiary/aromatic N) is 1. The van der Waals surface area contributed by atoms with Gasteiger partial charge in [0.15, 0.2) is 0 Å². The average Bonchev–Trinajstić information content (AvgIpc) is 3.19. The van der Waals surface area contributed by atoms with Crippen molar-refractivity contribution in [3.8, 4) is 0 Å². The largest absolute Gasteiger partial charge is 0.366 e. The number of pyridine rings is 1. The Hall–Kier alpha value is -3.25. The van der Waals surface area contributed by atoms with Gasteiger partial charge in [-0.3, -0.25) is 14.6 Å². The zero-order valence-electron chi connectivity index (χ0n) is 14.7. The highest BCUT2D eigenvalue weighted by Crippen LogP contribution is 2.28. The van der Waals surface area contributed by atoms with Gasteiger partial charge in [0.2, 0.25) is 5.91 Å². The number of aromatic nitrogens is 1. The van der Waals surface area contributed by atoms with Gasteiger partial charge in [0.05, 0.1) is 22.8 Å². The molecule has 4 rings (SSSR count). The Labute approximate surface area is 156 Å². The first-order valence-electron chi connectivity index (χ1n) is 8.90. The van der Waals surface area contributed by atoms with E-state index in [-0.39, 0.29) is 11.9 Å². The highest BCUT2D eigenvalue weighted by Gasteiger charge is 2.30. The summed E-state index contributed by atoms with van der Waals surface area (Å²) in [7, 11) is 0. The third-order valence-corrected chi connectivity index (χ3v) is 5.01. The van der Waals surface area contributed by atoms with Crippen molar-refractivity contribution in [3.05, 3.63) is 71.9 Å². The molecular formula is C21H20N4O2. The Bertz CT molecular complexity index is 1000. The third-order valence-electron chi connectivity index (χ3n) is 5.01. The summed E-state index contributed by atoms with van der Waals surface area (Å²) in [5.41, 5.74) is 8.11. The summed E-state index contributed by atoms with van der Waals surface area (Å²) in [4.78, 5) is 28.6. The summed E-state index contributed by atoms with van der Waals surface area (Å²) in [6.45, 7) is 0.769. The van der Waals surface area contributed by atoms with Crippen LogP contribution in [0, 0.1) is 0 Å². The summed E-state index contributed by atoms with van der Waals surface area (Å²) >= 11 is 0. The second kappa shape index (κ2) is 7.17. The molecule has 2 amide bonds. The first kappa shape index (κ1) is 17.2. The molecule has 1 aromatic heterocycles. The molecule has 2 aromatic carbocycles. The van der Waals surface area contributed by atoms with Gasteiger partial charge in [-0.15, -0.1) is 0 Å². The van der Waals surface area contributed by atoms with Crippen LogP contribution in [-0.4, -0.2) is 29.4 Å². The summed E-state index contributed by atoms with van der Waals surface area (Å²) in [6, 6.07) is 16.8. The number of carbonyl (C=O) groups excluding carboxylic acids is 2. The number of amides is 2. The van der Waals surface area contributed by atoms with Crippen LogP contribution in [0.2, 0.25) is 0 Å². The Kier molecular flexibility index (Phi) is 4.56. The van der Waals surface area contributed by atoms with Gasteiger partial charge in [0.25, 0.3) is 5.91 Å². The van der Waals surface area contributed by atoms with E-state index in [1.54, 1.807) is 24.4 Å². The lowest BCUT2D eigenvalue weighted by molar-refractivity contribution is -0.117. The van der Waals surface area contributed by atoms with Crippen LogP contribution in [0.25, 0.3) is 10.9 Å². The minimum atomic E-state index is -0.542. The summed E-state index contributed by atoms with van der Waals surface area (Å²) < 4.78 is 0. The van der Waals surface area contributed by atoms with Gasteiger partial charge < -0.3 is 16.4 Å². The molecule has 1 fully saturated rings. The monoisotopic (exact) mass is 360 g/mol. The Balaban J connectivity index is 1.54. The molecule has 0 saturated carbocycles. The van der Waals surface area contributed by atoms with Crippen LogP contribution >= 0.6 is 0 Å². The van der Waals surface area contributed by atoms with Gasteiger partial charge in [-0.2, -0.15) is 0 Å². The van der Waals surface area contributed by atoms with Gasteiger partial charge in [-0.1, -0.05) is 30.3 Å². The molecule has 2 heterocycles. The summed E-state index contributed by atoms with van der Waals surface area (Å²) in [6.07, 6.45) is 2.34. The van der Waals surface area contributed by atoms with Crippen molar-refractivity contribution >= 4 is 28.4 Å². The molecule has 0 radical (unpaired) electrons. The van der Waals surface area contributed by atoms with Crippen molar-refractivity contribution in [1.29, 1.82) is 0 Å². The number of nitrogens with one attached hydrogen (secondary N) is 2. The van der Waals surface area contributed by atoms with E-state index in [0.717, 1.165) is 13.0 Å². The smallest absolute Gasteiger partial charge is 0.250 e. The lowest BCUT2D eigenvalue weighted by Crippen LogP contribution is -2.35. The minimum absolute atomic E-state index is 0.0922. The molecule has 27 heavy (non-hydrogen) atoms. The van der Waals surface area contributed by atoms with Gasteiger partial charge >= 0.3 is 0 Å². The Morgan fingerprint density at radius 2 is 1.89 bits per heavy atom. The molecule has 1 unspecified atom stereocenters. The second-order valence-electron chi connectivity index (χ2n) is 6.72. The zero-order valence-corrected chi connectivity index (χ0v) is 14.7. The van der Waals surface area contributed by atoms with Gasteiger partial charge in [-0.05, 0) is 42.2 Å². The number of primary amides is 1. The molecule has 1 aliphatic heterocycles. The molecule has 1 aliphatic rings. The number of fused-ring (bicyclic) bond motifs is 1. The lowest BCUT2D eigenvalue weighted by Gasteiger charge is -2.14. The van der Waals surface area contributed by atoms with Crippen molar-refractivity contribution in [2.45, 2.75) is 18.4 Å². The average molecular weight is 360 g/mol. The summed E-state index contributed by atoms with van der Waals surface area (Å²) in [5, 5.41) is 6.97. The topological polar surface area (TPSA) is 97.1 Å². The number of rotatable bonds is 4. The molecule has 4 N–H and O–H groups in total. The van der Waals surface area contributed by atoms with Crippen LogP contribution in [0.5, 0.6) is 0 Å².